The molecule has 0 radical (unpaired) electrons. The zero-order chi connectivity index (χ0) is 16.1. The molecule has 0 atom stereocenters. The number of rotatable bonds is 5. The topological polar surface area (TPSA) is 109 Å². The predicted molar refractivity (Wildman–Crippen MR) is 72.3 cm³/mol. The standard InChI is InChI=1S/C14H11NO7/c1-20-14(17)12-10(5-6-21-12)8-22-13(16)9-3-2-4-11(7-9)15(18)19/h2-7H,8H2,1H3. The third-order valence-corrected chi connectivity index (χ3v) is 2.77. The van der Waals surface area contributed by atoms with E-state index in [2.05, 4.69) is 4.74 Å². The number of nitro groups is 1. The van der Waals surface area contributed by atoms with E-state index in [0.717, 1.165) is 6.07 Å². The number of non-ortho nitro benzene ring substituents is 1. The number of carbonyl (C=O) groups excluding carboxylic acids is 2. The number of nitro benzene ring substituents is 1. The zero-order valence-corrected chi connectivity index (χ0v) is 11.5. The van der Waals surface area contributed by atoms with Crippen molar-refractivity contribution in [1.29, 1.82) is 0 Å². The van der Waals surface area contributed by atoms with Crippen LogP contribution in [0.25, 0.3) is 0 Å². The van der Waals surface area contributed by atoms with Gasteiger partial charge in [0.2, 0.25) is 5.76 Å². The first-order chi connectivity index (χ1) is 10.5. The van der Waals surface area contributed by atoms with Crippen LogP contribution in [-0.2, 0) is 16.1 Å². The molecule has 1 aromatic carbocycles. The number of hydrogen-bond donors (Lipinski definition) is 0. The summed E-state index contributed by atoms with van der Waals surface area (Å²) in [6.45, 7) is -0.220. The van der Waals surface area contributed by atoms with Gasteiger partial charge in [-0.2, -0.15) is 0 Å². The Kier molecular flexibility index (Phi) is 4.52. The van der Waals surface area contributed by atoms with E-state index in [-0.39, 0.29) is 23.6 Å². The van der Waals surface area contributed by atoms with Crippen LogP contribution in [0.4, 0.5) is 5.69 Å². The van der Waals surface area contributed by atoms with Crippen molar-refractivity contribution in [2.24, 2.45) is 0 Å². The van der Waals surface area contributed by atoms with E-state index >= 15 is 0 Å². The van der Waals surface area contributed by atoms with Crippen molar-refractivity contribution >= 4 is 17.6 Å². The van der Waals surface area contributed by atoms with Crippen molar-refractivity contribution in [3.63, 3.8) is 0 Å². The monoisotopic (exact) mass is 305 g/mol. The fourth-order valence-corrected chi connectivity index (χ4v) is 1.69. The van der Waals surface area contributed by atoms with Gasteiger partial charge >= 0.3 is 11.9 Å². The Bertz CT molecular complexity index is 719. The molecule has 8 nitrogen and oxygen atoms in total. The number of nitrogens with zero attached hydrogens (tertiary/aromatic N) is 1. The number of hydrogen-bond acceptors (Lipinski definition) is 7. The number of esters is 2. The lowest BCUT2D eigenvalue weighted by Crippen LogP contribution is -2.08. The number of benzene rings is 1. The number of furan rings is 1. The first-order valence-corrected chi connectivity index (χ1v) is 6.09. The van der Waals surface area contributed by atoms with E-state index in [9.17, 15) is 19.7 Å². The quantitative estimate of drug-likeness (QED) is 0.473. The summed E-state index contributed by atoms with van der Waals surface area (Å²) in [5.41, 5.74) is 0.163. The zero-order valence-electron chi connectivity index (χ0n) is 11.5. The summed E-state index contributed by atoms with van der Waals surface area (Å²) in [5, 5.41) is 10.7. The summed E-state index contributed by atoms with van der Waals surface area (Å²) in [5.74, 6) is -1.50. The van der Waals surface area contributed by atoms with Gasteiger partial charge in [0.15, 0.2) is 0 Å². The molecule has 0 N–H and O–H groups in total. The van der Waals surface area contributed by atoms with Crippen LogP contribution in [0.1, 0.15) is 26.5 Å². The summed E-state index contributed by atoms with van der Waals surface area (Å²) in [4.78, 5) is 33.3. The molecule has 0 aliphatic rings. The van der Waals surface area contributed by atoms with Gasteiger partial charge in [-0.1, -0.05) is 6.07 Å². The van der Waals surface area contributed by atoms with Gasteiger partial charge in [0.05, 0.1) is 23.9 Å². The Morgan fingerprint density at radius 2 is 2.05 bits per heavy atom. The summed E-state index contributed by atoms with van der Waals surface area (Å²) in [6.07, 6.45) is 1.27. The highest BCUT2D eigenvalue weighted by molar-refractivity contribution is 5.90. The lowest BCUT2D eigenvalue weighted by molar-refractivity contribution is -0.384. The van der Waals surface area contributed by atoms with Gasteiger partial charge in [0.1, 0.15) is 6.61 Å². The molecule has 2 rings (SSSR count). The summed E-state index contributed by atoms with van der Waals surface area (Å²) < 4.78 is 14.5. The fourth-order valence-electron chi connectivity index (χ4n) is 1.69. The van der Waals surface area contributed by atoms with Crippen molar-refractivity contribution in [3.05, 3.63) is 63.6 Å². The van der Waals surface area contributed by atoms with E-state index < -0.39 is 16.9 Å². The average molecular weight is 305 g/mol. The summed E-state index contributed by atoms with van der Waals surface area (Å²) in [7, 11) is 1.20. The van der Waals surface area contributed by atoms with Crippen LogP contribution in [0, 0.1) is 10.1 Å². The lowest BCUT2D eigenvalue weighted by atomic mass is 10.2. The van der Waals surface area contributed by atoms with Crippen LogP contribution in [0.2, 0.25) is 0 Å². The second-order valence-electron chi connectivity index (χ2n) is 4.15. The SMILES string of the molecule is COC(=O)c1occc1COC(=O)c1cccc([N+](=O)[O-])c1. The fraction of sp³-hybridized carbons (Fsp3) is 0.143. The highest BCUT2D eigenvalue weighted by atomic mass is 16.6. The van der Waals surface area contributed by atoms with E-state index in [1.165, 1.54) is 37.6 Å². The molecule has 0 saturated carbocycles. The van der Waals surface area contributed by atoms with Crippen molar-refractivity contribution in [2.75, 3.05) is 7.11 Å². The van der Waals surface area contributed by atoms with Gasteiger partial charge in [-0.05, 0) is 12.1 Å². The molecule has 0 fully saturated rings. The smallest absolute Gasteiger partial charge is 0.374 e. The summed E-state index contributed by atoms with van der Waals surface area (Å²) >= 11 is 0. The first kappa shape index (κ1) is 15.2. The highest BCUT2D eigenvalue weighted by Gasteiger charge is 2.18. The number of ether oxygens (including phenoxy) is 2. The van der Waals surface area contributed by atoms with Crippen LogP contribution in [-0.4, -0.2) is 24.0 Å². The minimum absolute atomic E-state index is 0.0392. The molecule has 0 spiro atoms. The Labute approximate surface area is 124 Å². The highest BCUT2D eigenvalue weighted by Crippen LogP contribution is 2.16. The van der Waals surface area contributed by atoms with Crippen LogP contribution in [0.3, 0.4) is 0 Å². The first-order valence-electron chi connectivity index (χ1n) is 6.09. The maximum absolute atomic E-state index is 11.9. The average Bonchev–Trinajstić information content (AvgIpc) is 3.00. The van der Waals surface area contributed by atoms with E-state index in [1.807, 2.05) is 0 Å². The van der Waals surface area contributed by atoms with Crippen LogP contribution in [0.5, 0.6) is 0 Å². The van der Waals surface area contributed by atoms with E-state index in [1.54, 1.807) is 0 Å². The van der Waals surface area contributed by atoms with Crippen molar-refractivity contribution in [3.8, 4) is 0 Å². The van der Waals surface area contributed by atoms with E-state index in [4.69, 9.17) is 9.15 Å². The second kappa shape index (κ2) is 6.53. The number of carbonyl (C=O) groups is 2. The third kappa shape index (κ3) is 3.29. The molecule has 8 heteroatoms. The minimum Gasteiger partial charge on any atom is -0.463 e. The van der Waals surface area contributed by atoms with Crippen molar-refractivity contribution in [2.45, 2.75) is 6.61 Å². The Morgan fingerprint density at radius 1 is 1.27 bits per heavy atom. The largest absolute Gasteiger partial charge is 0.463 e. The maximum atomic E-state index is 11.9. The van der Waals surface area contributed by atoms with Gasteiger partial charge in [-0.3, -0.25) is 10.1 Å². The van der Waals surface area contributed by atoms with Gasteiger partial charge < -0.3 is 13.9 Å². The second-order valence-corrected chi connectivity index (χ2v) is 4.15. The Hall–Kier alpha value is -3.16. The Balaban J connectivity index is 2.07. The molecule has 114 valence electrons. The molecule has 0 bridgehead atoms. The molecule has 0 saturated heterocycles. The van der Waals surface area contributed by atoms with Gasteiger partial charge in [0, 0.05) is 17.7 Å². The molecule has 0 aliphatic carbocycles. The molecule has 22 heavy (non-hydrogen) atoms. The van der Waals surface area contributed by atoms with E-state index in [0.29, 0.717) is 5.56 Å². The summed E-state index contributed by atoms with van der Waals surface area (Å²) in [6, 6.07) is 6.62. The molecule has 1 heterocycles. The van der Waals surface area contributed by atoms with Crippen LogP contribution < -0.4 is 0 Å². The molecular formula is C14H11NO7. The predicted octanol–water partition coefficient (Wildman–Crippen LogP) is 2.33. The van der Waals surface area contributed by atoms with Crippen LogP contribution >= 0.6 is 0 Å². The Morgan fingerprint density at radius 3 is 2.73 bits per heavy atom. The molecule has 1 aromatic heterocycles. The molecular weight excluding hydrogens is 294 g/mol. The molecule has 0 unspecified atom stereocenters. The van der Waals surface area contributed by atoms with Crippen molar-refractivity contribution < 1.29 is 28.4 Å². The van der Waals surface area contributed by atoms with Crippen molar-refractivity contribution in [1.82, 2.24) is 0 Å². The minimum atomic E-state index is -0.749. The molecule has 2 aromatic rings. The van der Waals surface area contributed by atoms with Crippen LogP contribution in [0.15, 0.2) is 41.0 Å². The van der Waals surface area contributed by atoms with Gasteiger partial charge in [0.25, 0.3) is 5.69 Å². The maximum Gasteiger partial charge on any atom is 0.374 e. The molecule has 0 aliphatic heterocycles. The van der Waals surface area contributed by atoms with Gasteiger partial charge in [-0.15, -0.1) is 0 Å². The lowest BCUT2D eigenvalue weighted by Gasteiger charge is -2.04. The molecule has 0 amide bonds. The number of methoxy groups -OCH3 is 1. The normalized spacial score (nSPS) is 10.0. The third-order valence-electron chi connectivity index (χ3n) is 2.77. The van der Waals surface area contributed by atoms with Gasteiger partial charge in [-0.25, -0.2) is 9.59 Å².